The standard InChI is InChI=1S/C23H26ClN3O3/c1-4-30-22(28)20-19(14-27(3)13-17-8-6-5-7-15(17)2)25-23(29)26-21(20)16-9-11-18(24)12-10-16/h5-12,21H,4,13-14H2,1-3H3,(H2,25,26,29)/t21-/m0/s1. The summed E-state index contributed by atoms with van der Waals surface area (Å²) in [5, 5.41) is 6.22. The summed E-state index contributed by atoms with van der Waals surface area (Å²) < 4.78 is 5.31. The Balaban J connectivity index is 1.94. The molecule has 6 nitrogen and oxygen atoms in total. The molecular weight excluding hydrogens is 402 g/mol. The van der Waals surface area contributed by atoms with Crippen molar-refractivity contribution in [3.05, 3.63) is 81.5 Å². The first-order valence-corrected chi connectivity index (χ1v) is 10.2. The number of esters is 1. The summed E-state index contributed by atoms with van der Waals surface area (Å²) in [5.41, 5.74) is 4.07. The van der Waals surface area contributed by atoms with Crippen LogP contribution in [0.4, 0.5) is 4.79 Å². The first-order chi connectivity index (χ1) is 14.4. The van der Waals surface area contributed by atoms with E-state index in [9.17, 15) is 9.59 Å². The van der Waals surface area contributed by atoms with Gasteiger partial charge in [0.15, 0.2) is 0 Å². The van der Waals surface area contributed by atoms with E-state index in [-0.39, 0.29) is 12.6 Å². The zero-order chi connectivity index (χ0) is 21.7. The van der Waals surface area contributed by atoms with Crippen LogP contribution in [0.2, 0.25) is 5.02 Å². The zero-order valence-corrected chi connectivity index (χ0v) is 18.1. The Hall–Kier alpha value is -2.83. The monoisotopic (exact) mass is 427 g/mol. The lowest BCUT2D eigenvalue weighted by Gasteiger charge is -2.31. The van der Waals surface area contributed by atoms with Gasteiger partial charge >= 0.3 is 12.0 Å². The van der Waals surface area contributed by atoms with Gasteiger partial charge in [0.25, 0.3) is 0 Å². The molecule has 0 bridgehead atoms. The Labute approximate surface area is 181 Å². The molecule has 1 aliphatic rings. The van der Waals surface area contributed by atoms with Gasteiger partial charge in [0.2, 0.25) is 0 Å². The number of aryl methyl sites for hydroxylation is 1. The van der Waals surface area contributed by atoms with Crippen molar-refractivity contribution in [1.29, 1.82) is 0 Å². The normalized spacial score (nSPS) is 16.3. The average molecular weight is 428 g/mol. The molecule has 2 amide bonds. The number of halogens is 1. The van der Waals surface area contributed by atoms with Crippen LogP contribution in [0.25, 0.3) is 0 Å². The third kappa shape index (κ3) is 5.20. The number of benzene rings is 2. The maximum Gasteiger partial charge on any atom is 0.338 e. The van der Waals surface area contributed by atoms with Crippen LogP contribution >= 0.6 is 11.6 Å². The second-order valence-corrected chi connectivity index (χ2v) is 7.73. The first kappa shape index (κ1) is 21.9. The number of nitrogens with zero attached hydrogens (tertiary/aromatic N) is 1. The lowest BCUT2D eigenvalue weighted by atomic mass is 9.95. The molecule has 0 saturated heterocycles. The molecule has 158 valence electrons. The van der Waals surface area contributed by atoms with Gasteiger partial charge in [-0.25, -0.2) is 9.59 Å². The number of ether oxygens (including phenoxy) is 1. The molecule has 0 aliphatic carbocycles. The summed E-state index contributed by atoms with van der Waals surface area (Å²) in [6.45, 7) is 5.14. The summed E-state index contributed by atoms with van der Waals surface area (Å²) in [4.78, 5) is 27.3. The summed E-state index contributed by atoms with van der Waals surface area (Å²) in [6, 6.07) is 14.2. The van der Waals surface area contributed by atoms with Crippen molar-refractivity contribution in [2.75, 3.05) is 20.2 Å². The topological polar surface area (TPSA) is 70.7 Å². The Kier molecular flexibility index (Phi) is 7.13. The van der Waals surface area contributed by atoms with Crippen molar-refractivity contribution in [1.82, 2.24) is 15.5 Å². The summed E-state index contributed by atoms with van der Waals surface area (Å²) >= 11 is 6.01. The number of carbonyl (C=O) groups excluding carboxylic acids is 2. The van der Waals surface area contributed by atoms with Crippen LogP contribution in [0, 0.1) is 6.92 Å². The Morgan fingerprint density at radius 2 is 1.83 bits per heavy atom. The number of nitrogens with one attached hydrogen (secondary N) is 2. The van der Waals surface area contributed by atoms with Crippen LogP contribution in [0.5, 0.6) is 0 Å². The van der Waals surface area contributed by atoms with Gasteiger partial charge in [-0.05, 0) is 49.7 Å². The second kappa shape index (κ2) is 9.78. The Morgan fingerprint density at radius 1 is 1.13 bits per heavy atom. The quantitative estimate of drug-likeness (QED) is 0.656. The largest absolute Gasteiger partial charge is 0.463 e. The predicted molar refractivity (Wildman–Crippen MR) is 117 cm³/mol. The number of hydrogen-bond donors (Lipinski definition) is 2. The van der Waals surface area contributed by atoms with Crippen LogP contribution in [0.15, 0.2) is 59.8 Å². The predicted octanol–water partition coefficient (Wildman–Crippen LogP) is 3.95. The van der Waals surface area contributed by atoms with E-state index < -0.39 is 12.0 Å². The maximum atomic E-state index is 12.8. The number of rotatable bonds is 7. The van der Waals surface area contributed by atoms with Gasteiger partial charge in [0, 0.05) is 23.8 Å². The molecule has 0 aromatic heterocycles. The van der Waals surface area contributed by atoms with E-state index in [4.69, 9.17) is 16.3 Å². The molecule has 1 atom stereocenters. The molecule has 0 radical (unpaired) electrons. The minimum absolute atomic E-state index is 0.246. The van der Waals surface area contributed by atoms with E-state index in [0.717, 1.165) is 5.56 Å². The van der Waals surface area contributed by atoms with Crippen LogP contribution in [-0.2, 0) is 16.1 Å². The third-order valence-corrected chi connectivity index (χ3v) is 5.23. The molecule has 0 unspecified atom stereocenters. The van der Waals surface area contributed by atoms with Crippen molar-refractivity contribution < 1.29 is 14.3 Å². The molecule has 3 rings (SSSR count). The second-order valence-electron chi connectivity index (χ2n) is 7.29. The third-order valence-electron chi connectivity index (χ3n) is 4.98. The fraction of sp³-hybridized carbons (Fsp3) is 0.304. The minimum atomic E-state index is -0.614. The lowest BCUT2D eigenvalue weighted by Crippen LogP contribution is -2.48. The van der Waals surface area contributed by atoms with Gasteiger partial charge < -0.3 is 15.4 Å². The van der Waals surface area contributed by atoms with Gasteiger partial charge in [0.05, 0.1) is 18.2 Å². The summed E-state index contributed by atoms with van der Waals surface area (Å²) in [7, 11) is 1.95. The van der Waals surface area contributed by atoms with Crippen LogP contribution < -0.4 is 10.6 Å². The summed E-state index contributed by atoms with van der Waals surface area (Å²) in [6.07, 6.45) is 0. The highest BCUT2D eigenvalue weighted by atomic mass is 35.5. The molecule has 0 spiro atoms. The molecule has 2 aromatic rings. The highest BCUT2D eigenvalue weighted by molar-refractivity contribution is 6.30. The van der Waals surface area contributed by atoms with Crippen molar-refractivity contribution in [3.63, 3.8) is 0 Å². The molecule has 0 saturated carbocycles. The molecule has 7 heteroatoms. The molecular formula is C23H26ClN3O3. The maximum absolute atomic E-state index is 12.8. The van der Waals surface area contributed by atoms with Crippen LogP contribution in [0.3, 0.4) is 0 Å². The number of amides is 2. The van der Waals surface area contributed by atoms with E-state index in [0.29, 0.717) is 29.4 Å². The molecule has 0 fully saturated rings. The molecule has 1 aliphatic heterocycles. The average Bonchev–Trinajstić information content (AvgIpc) is 2.70. The molecule has 2 N–H and O–H groups in total. The van der Waals surface area contributed by atoms with Gasteiger partial charge in [0.1, 0.15) is 0 Å². The number of likely N-dealkylation sites (N-methyl/N-ethyl adjacent to an activating group) is 1. The first-order valence-electron chi connectivity index (χ1n) is 9.85. The van der Waals surface area contributed by atoms with Gasteiger partial charge in [-0.15, -0.1) is 0 Å². The van der Waals surface area contributed by atoms with E-state index in [2.05, 4.69) is 34.6 Å². The Morgan fingerprint density at radius 3 is 2.50 bits per heavy atom. The summed E-state index contributed by atoms with van der Waals surface area (Å²) in [5.74, 6) is -0.454. The van der Waals surface area contributed by atoms with Gasteiger partial charge in [-0.3, -0.25) is 4.90 Å². The number of hydrogen-bond acceptors (Lipinski definition) is 4. The molecule has 2 aromatic carbocycles. The van der Waals surface area contributed by atoms with Crippen molar-refractivity contribution in [3.8, 4) is 0 Å². The zero-order valence-electron chi connectivity index (χ0n) is 17.4. The van der Waals surface area contributed by atoms with Crippen LogP contribution in [-0.4, -0.2) is 37.1 Å². The molecule has 30 heavy (non-hydrogen) atoms. The molecule has 1 heterocycles. The minimum Gasteiger partial charge on any atom is -0.463 e. The fourth-order valence-corrected chi connectivity index (χ4v) is 3.63. The smallest absolute Gasteiger partial charge is 0.338 e. The van der Waals surface area contributed by atoms with Crippen LogP contribution in [0.1, 0.15) is 29.7 Å². The van der Waals surface area contributed by atoms with Gasteiger partial charge in [-0.1, -0.05) is 48.0 Å². The number of carbonyl (C=O) groups is 2. The fourth-order valence-electron chi connectivity index (χ4n) is 3.50. The highest BCUT2D eigenvalue weighted by Crippen LogP contribution is 2.29. The Bertz CT molecular complexity index is 956. The van der Waals surface area contributed by atoms with E-state index in [1.165, 1.54) is 11.1 Å². The van der Waals surface area contributed by atoms with E-state index >= 15 is 0 Å². The van der Waals surface area contributed by atoms with Crippen molar-refractivity contribution >= 4 is 23.6 Å². The van der Waals surface area contributed by atoms with Gasteiger partial charge in [-0.2, -0.15) is 0 Å². The van der Waals surface area contributed by atoms with E-state index in [1.807, 2.05) is 19.2 Å². The number of urea groups is 1. The SMILES string of the molecule is CCOC(=O)C1=C(CN(C)Cc2ccccc2C)NC(=O)N[C@H]1c1ccc(Cl)cc1. The van der Waals surface area contributed by atoms with Crippen molar-refractivity contribution in [2.45, 2.75) is 26.4 Å². The van der Waals surface area contributed by atoms with Crippen molar-refractivity contribution in [2.24, 2.45) is 0 Å². The van der Waals surface area contributed by atoms with E-state index in [1.54, 1.807) is 31.2 Å². The lowest BCUT2D eigenvalue weighted by molar-refractivity contribution is -0.139. The highest BCUT2D eigenvalue weighted by Gasteiger charge is 2.34.